The molecule has 5 nitrogen and oxygen atoms in total. The highest BCUT2D eigenvalue weighted by molar-refractivity contribution is 5.56. The number of benzene rings is 1. The summed E-state index contributed by atoms with van der Waals surface area (Å²) in [6, 6.07) is 4.72. The first-order valence-corrected chi connectivity index (χ1v) is 4.39. The Morgan fingerprint density at radius 1 is 1.50 bits per heavy atom. The van der Waals surface area contributed by atoms with Gasteiger partial charge in [-0.15, -0.1) is 0 Å². The lowest BCUT2D eigenvalue weighted by Crippen LogP contribution is -2.21. The number of hydrogen-bond donors (Lipinski definition) is 2. The molecular weight excluding hydrogens is 182 g/mol. The molecule has 1 aromatic carbocycles. The van der Waals surface area contributed by atoms with Crippen molar-refractivity contribution in [2.24, 2.45) is 0 Å². The average molecular weight is 195 g/mol. The maximum absolute atomic E-state index is 10.5. The summed E-state index contributed by atoms with van der Waals surface area (Å²) in [5, 5.41) is 10.5. The maximum Gasteiger partial charge on any atom is 0.271 e. The molecule has 76 valence electrons. The third kappa shape index (κ3) is 2.43. The summed E-state index contributed by atoms with van der Waals surface area (Å²) in [7, 11) is 0. The summed E-state index contributed by atoms with van der Waals surface area (Å²) < 4.78 is 0. The molecule has 1 aromatic rings. The number of rotatable bonds is 4. The number of nitrogens with one attached hydrogen (secondary N) is 2. The molecule has 0 radical (unpaired) electrons. The van der Waals surface area contributed by atoms with E-state index in [2.05, 4.69) is 10.9 Å². The average Bonchev–Trinajstić information content (AvgIpc) is 2.16. The Morgan fingerprint density at radius 2 is 2.21 bits per heavy atom. The number of hydrazine groups is 1. The molecule has 14 heavy (non-hydrogen) atoms. The predicted molar refractivity (Wildman–Crippen MR) is 55.1 cm³/mol. The molecule has 0 aromatic heterocycles. The number of non-ortho nitro benzene ring substituents is 1. The Hall–Kier alpha value is -1.62. The minimum absolute atomic E-state index is 0.0935. The number of anilines is 1. The standard InChI is InChI=1S/C9H13N3O2/c1-3-10-11-9-6-8(12(13)14)5-4-7(9)2/h4-6,10-11H,3H2,1-2H3. The molecular formula is C9H13N3O2. The summed E-state index contributed by atoms with van der Waals surface area (Å²) in [6.07, 6.45) is 0. The molecule has 0 fully saturated rings. The van der Waals surface area contributed by atoms with Crippen molar-refractivity contribution in [3.05, 3.63) is 33.9 Å². The van der Waals surface area contributed by atoms with Crippen molar-refractivity contribution in [1.29, 1.82) is 0 Å². The van der Waals surface area contributed by atoms with Crippen LogP contribution in [0.3, 0.4) is 0 Å². The minimum atomic E-state index is -0.406. The predicted octanol–water partition coefficient (Wildman–Crippen LogP) is 1.84. The molecule has 0 aliphatic carbocycles. The Kier molecular flexibility index (Phi) is 3.41. The number of nitro groups is 1. The van der Waals surface area contributed by atoms with Gasteiger partial charge in [0.2, 0.25) is 0 Å². The van der Waals surface area contributed by atoms with Gasteiger partial charge >= 0.3 is 0 Å². The van der Waals surface area contributed by atoms with Crippen LogP contribution in [0.5, 0.6) is 0 Å². The van der Waals surface area contributed by atoms with Crippen LogP contribution in [0.15, 0.2) is 18.2 Å². The fourth-order valence-corrected chi connectivity index (χ4v) is 1.04. The van der Waals surface area contributed by atoms with Crippen LogP contribution in [-0.4, -0.2) is 11.5 Å². The van der Waals surface area contributed by atoms with Crippen molar-refractivity contribution < 1.29 is 4.92 Å². The van der Waals surface area contributed by atoms with E-state index in [1.54, 1.807) is 6.07 Å². The molecule has 0 saturated heterocycles. The Balaban J connectivity index is 2.90. The van der Waals surface area contributed by atoms with Crippen molar-refractivity contribution in [2.75, 3.05) is 12.0 Å². The van der Waals surface area contributed by atoms with Gasteiger partial charge in [-0.05, 0) is 12.5 Å². The van der Waals surface area contributed by atoms with E-state index in [1.807, 2.05) is 13.8 Å². The SMILES string of the molecule is CCNNc1cc([N+](=O)[O-])ccc1C. The molecule has 1 rings (SSSR count). The van der Waals surface area contributed by atoms with Crippen LogP contribution in [0.4, 0.5) is 11.4 Å². The maximum atomic E-state index is 10.5. The fraction of sp³-hybridized carbons (Fsp3) is 0.333. The van der Waals surface area contributed by atoms with Crippen molar-refractivity contribution in [3.8, 4) is 0 Å². The summed E-state index contributed by atoms with van der Waals surface area (Å²) in [4.78, 5) is 10.1. The summed E-state index contributed by atoms with van der Waals surface area (Å²) >= 11 is 0. The molecule has 2 N–H and O–H groups in total. The Labute approximate surface area is 82.2 Å². The van der Waals surface area contributed by atoms with Crippen molar-refractivity contribution in [3.63, 3.8) is 0 Å². The van der Waals surface area contributed by atoms with Crippen molar-refractivity contribution in [1.82, 2.24) is 5.43 Å². The second kappa shape index (κ2) is 4.57. The third-order valence-electron chi connectivity index (χ3n) is 1.83. The van der Waals surface area contributed by atoms with Crippen molar-refractivity contribution in [2.45, 2.75) is 13.8 Å². The minimum Gasteiger partial charge on any atom is -0.321 e. The first-order valence-electron chi connectivity index (χ1n) is 4.39. The van der Waals surface area contributed by atoms with Crippen molar-refractivity contribution >= 4 is 11.4 Å². The molecule has 0 spiro atoms. The van der Waals surface area contributed by atoms with E-state index in [0.29, 0.717) is 0 Å². The summed E-state index contributed by atoms with van der Waals surface area (Å²) in [6.45, 7) is 4.59. The highest BCUT2D eigenvalue weighted by Gasteiger charge is 2.07. The van der Waals surface area contributed by atoms with E-state index in [4.69, 9.17) is 0 Å². The fourth-order valence-electron chi connectivity index (χ4n) is 1.04. The number of aryl methyl sites for hydroxylation is 1. The van der Waals surface area contributed by atoms with Crippen LogP contribution >= 0.6 is 0 Å². The van der Waals surface area contributed by atoms with E-state index in [1.165, 1.54) is 12.1 Å². The number of nitrogens with zero attached hydrogens (tertiary/aromatic N) is 1. The summed E-state index contributed by atoms with van der Waals surface area (Å²) in [5.41, 5.74) is 7.60. The third-order valence-corrected chi connectivity index (χ3v) is 1.83. The molecule has 0 heterocycles. The van der Waals surface area contributed by atoms with E-state index in [0.717, 1.165) is 17.8 Å². The first-order chi connectivity index (χ1) is 6.65. The lowest BCUT2D eigenvalue weighted by Gasteiger charge is -2.08. The zero-order chi connectivity index (χ0) is 10.6. The van der Waals surface area contributed by atoms with Gasteiger partial charge in [0.15, 0.2) is 0 Å². The zero-order valence-corrected chi connectivity index (χ0v) is 8.20. The van der Waals surface area contributed by atoms with Gasteiger partial charge in [0.1, 0.15) is 0 Å². The van der Waals surface area contributed by atoms with Gasteiger partial charge in [-0.3, -0.25) is 10.1 Å². The van der Waals surface area contributed by atoms with E-state index in [9.17, 15) is 10.1 Å². The lowest BCUT2D eigenvalue weighted by atomic mass is 10.2. The molecule has 0 aliphatic heterocycles. The molecule has 0 aliphatic rings. The van der Waals surface area contributed by atoms with Gasteiger partial charge in [-0.1, -0.05) is 13.0 Å². The zero-order valence-electron chi connectivity index (χ0n) is 8.20. The molecule has 0 amide bonds. The summed E-state index contributed by atoms with van der Waals surface area (Å²) in [5.74, 6) is 0. The largest absolute Gasteiger partial charge is 0.321 e. The van der Waals surface area contributed by atoms with Gasteiger partial charge in [-0.2, -0.15) is 0 Å². The Morgan fingerprint density at radius 3 is 2.79 bits per heavy atom. The topological polar surface area (TPSA) is 67.2 Å². The van der Waals surface area contributed by atoms with E-state index in [-0.39, 0.29) is 5.69 Å². The highest BCUT2D eigenvalue weighted by atomic mass is 16.6. The molecule has 0 saturated carbocycles. The van der Waals surface area contributed by atoms with Crippen LogP contribution in [-0.2, 0) is 0 Å². The van der Waals surface area contributed by atoms with Crippen LogP contribution in [0.2, 0.25) is 0 Å². The molecule has 0 bridgehead atoms. The quantitative estimate of drug-likeness (QED) is 0.568. The lowest BCUT2D eigenvalue weighted by molar-refractivity contribution is -0.384. The van der Waals surface area contributed by atoms with Crippen LogP contribution in [0.25, 0.3) is 0 Å². The normalized spacial score (nSPS) is 9.86. The van der Waals surface area contributed by atoms with Crippen LogP contribution in [0.1, 0.15) is 12.5 Å². The van der Waals surface area contributed by atoms with Crippen LogP contribution < -0.4 is 10.9 Å². The van der Waals surface area contributed by atoms with Gasteiger partial charge in [0.05, 0.1) is 10.6 Å². The van der Waals surface area contributed by atoms with Gasteiger partial charge < -0.3 is 5.43 Å². The van der Waals surface area contributed by atoms with Crippen LogP contribution in [0, 0.1) is 17.0 Å². The molecule has 0 atom stereocenters. The van der Waals surface area contributed by atoms with E-state index < -0.39 is 4.92 Å². The molecule has 5 heteroatoms. The van der Waals surface area contributed by atoms with Gasteiger partial charge in [-0.25, -0.2) is 5.43 Å². The number of nitro benzene ring substituents is 1. The Bertz CT molecular complexity index is 339. The second-order valence-corrected chi connectivity index (χ2v) is 2.91. The van der Waals surface area contributed by atoms with Gasteiger partial charge in [0, 0.05) is 18.7 Å². The first kappa shape index (κ1) is 10.5. The smallest absolute Gasteiger partial charge is 0.271 e. The number of hydrogen-bond acceptors (Lipinski definition) is 4. The van der Waals surface area contributed by atoms with Gasteiger partial charge in [0.25, 0.3) is 5.69 Å². The molecule has 0 unspecified atom stereocenters. The highest BCUT2D eigenvalue weighted by Crippen LogP contribution is 2.20. The monoisotopic (exact) mass is 195 g/mol. The van der Waals surface area contributed by atoms with E-state index >= 15 is 0 Å². The second-order valence-electron chi connectivity index (χ2n) is 2.91.